The van der Waals surface area contributed by atoms with E-state index < -0.39 is 0 Å². The van der Waals surface area contributed by atoms with Crippen molar-refractivity contribution >= 4 is 21.6 Å². The van der Waals surface area contributed by atoms with Gasteiger partial charge in [-0.2, -0.15) is 0 Å². The van der Waals surface area contributed by atoms with Crippen molar-refractivity contribution in [3.63, 3.8) is 0 Å². The average molecular weight is 262 g/mol. The minimum Gasteiger partial charge on any atom is -0.495 e. The number of nitrogens with one attached hydrogen (secondary N) is 1. The molecule has 0 fully saturated rings. The van der Waals surface area contributed by atoms with E-state index >= 15 is 0 Å². The Morgan fingerprint density at radius 2 is 2.29 bits per heavy atom. The molecule has 1 N–H and O–H groups in total. The van der Waals surface area contributed by atoms with Crippen molar-refractivity contribution in [2.75, 3.05) is 25.6 Å². The molecule has 0 saturated carbocycles. The summed E-state index contributed by atoms with van der Waals surface area (Å²) in [5, 5.41) is 3.11. The first-order chi connectivity index (χ1) is 6.77. The third-order valence-electron chi connectivity index (χ3n) is 1.79. The Hall–Kier alpha value is -0.770. The number of alkyl halides is 1. The van der Waals surface area contributed by atoms with E-state index in [1.807, 2.05) is 18.2 Å². The predicted octanol–water partition coefficient (Wildman–Crippen LogP) is 3.23. The Labute approximate surface area is 91.6 Å². The van der Waals surface area contributed by atoms with Crippen LogP contribution in [0.5, 0.6) is 5.75 Å². The number of hydrogen-bond donors (Lipinski definition) is 1. The van der Waals surface area contributed by atoms with Crippen molar-refractivity contribution in [3.05, 3.63) is 22.7 Å². The lowest BCUT2D eigenvalue weighted by Crippen LogP contribution is -2.03. The topological polar surface area (TPSA) is 21.3 Å². The van der Waals surface area contributed by atoms with Crippen LogP contribution in [0.25, 0.3) is 0 Å². The van der Waals surface area contributed by atoms with Gasteiger partial charge in [0.05, 0.1) is 19.5 Å². The number of methoxy groups -OCH3 is 1. The highest BCUT2D eigenvalue weighted by Crippen LogP contribution is 2.27. The molecule has 1 rings (SSSR count). The molecule has 0 aromatic heterocycles. The molecule has 1 aromatic carbocycles. The molecule has 2 nitrogen and oxygen atoms in total. The minimum atomic E-state index is -0.302. The van der Waals surface area contributed by atoms with Gasteiger partial charge in [-0.25, -0.2) is 0 Å². The molecule has 1 aromatic rings. The molecule has 0 aliphatic carbocycles. The molecule has 0 saturated heterocycles. The fourth-order valence-corrected chi connectivity index (χ4v) is 1.47. The van der Waals surface area contributed by atoms with E-state index in [2.05, 4.69) is 21.2 Å². The number of benzene rings is 1. The molecule has 78 valence electrons. The second-order valence-electron chi connectivity index (χ2n) is 2.81. The Morgan fingerprint density at radius 1 is 1.50 bits per heavy atom. The summed E-state index contributed by atoms with van der Waals surface area (Å²) in [6, 6.07) is 5.68. The van der Waals surface area contributed by atoms with Crippen LogP contribution in [-0.2, 0) is 0 Å². The van der Waals surface area contributed by atoms with Crippen LogP contribution in [0.15, 0.2) is 22.7 Å². The summed E-state index contributed by atoms with van der Waals surface area (Å²) in [4.78, 5) is 0. The van der Waals surface area contributed by atoms with Crippen molar-refractivity contribution in [2.24, 2.45) is 0 Å². The molecule has 0 aliphatic rings. The number of rotatable bonds is 5. The maximum atomic E-state index is 11.9. The molecule has 0 unspecified atom stereocenters. The van der Waals surface area contributed by atoms with E-state index in [1.165, 1.54) is 0 Å². The van der Waals surface area contributed by atoms with Gasteiger partial charge in [0.15, 0.2) is 0 Å². The fourth-order valence-electron chi connectivity index (χ4n) is 1.11. The second kappa shape index (κ2) is 5.86. The quantitative estimate of drug-likeness (QED) is 0.822. The normalized spacial score (nSPS) is 9.93. The third-order valence-corrected chi connectivity index (χ3v) is 2.28. The highest BCUT2D eigenvalue weighted by atomic mass is 79.9. The molecule has 0 heterocycles. The van der Waals surface area contributed by atoms with Gasteiger partial charge in [0.2, 0.25) is 0 Å². The summed E-state index contributed by atoms with van der Waals surface area (Å²) < 4.78 is 18.0. The van der Waals surface area contributed by atoms with Crippen molar-refractivity contribution in [3.8, 4) is 5.75 Å². The maximum absolute atomic E-state index is 11.9. The zero-order valence-corrected chi connectivity index (χ0v) is 9.60. The van der Waals surface area contributed by atoms with E-state index in [9.17, 15) is 4.39 Å². The lowest BCUT2D eigenvalue weighted by molar-refractivity contribution is 0.416. The Kier molecular flexibility index (Phi) is 4.73. The van der Waals surface area contributed by atoms with E-state index in [4.69, 9.17) is 4.74 Å². The van der Waals surface area contributed by atoms with Crippen molar-refractivity contribution in [1.29, 1.82) is 0 Å². The molecule has 0 bridgehead atoms. The zero-order valence-electron chi connectivity index (χ0n) is 8.02. The standard InChI is InChI=1S/C10H13BrFNO/c1-14-10-4-3-8(11)7-9(10)13-6-2-5-12/h3-4,7,13H,2,5-6H2,1H3. The van der Waals surface area contributed by atoms with E-state index in [1.54, 1.807) is 7.11 Å². The van der Waals surface area contributed by atoms with Gasteiger partial charge in [0.1, 0.15) is 5.75 Å². The van der Waals surface area contributed by atoms with Crippen LogP contribution >= 0.6 is 15.9 Å². The van der Waals surface area contributed by atoms with Gasteiger partial charge in [-0.1, -0.05) is 15.9 Å². The zero-order chi connectivity index (χ0) is 10.4. The van der Waals surface area contributed by atoms with Crippen LogP contribution in [0, 0.1) is 0 Å². The van der Waals surface area contributed by atoms with Crippen LogP contribution in [-0.4, -0.2) is 20.3 Å². The summed E-state index contributed by atoms with van der Waals surface area (Å²) in [7, 11) is 1.61. The Morgan fingerprint density at radius 3 is 2.93 bits per heavy atom. The SMILES string of the molecule is COc1ccc(Br)cc1NCCCF. The first kappa shape index (κ1) is 11.3. The van der Waals surface area contributed by atoms with Crippen molar-refractivity contribution < 1.29 is 9.13 Å². The maximum Gasteiger partial charge on any atom is 0.142 e. The van der Waals surface area contributed by atoms with E-state index in [0.29, 0.717) is 13.0 Å². The minimum absolute atomic E-state index is 0.302. The molecule has 0 spiro atoms. The van der Waals surface area contributed by atoms with Gasteiger partial charge in [-0.15, -0.1) is 0 Å². The Bertz CT molecular complexity index is 293. The van der Waals surface area contributed by atoms with Crippen LogP contribution in [0.1, 0.15) is 6.42 Å². The number of halogens is 2. The van der Waals surface area contributed by atoms with Gasteiger partial charge in [-0.3, -0.25) is 4.39 Å². The molecular formula is C10H13BrFNO. The molecule has 0 amide bonds. The van der Waals surface area contributed by atoms with Gasteiger partial charge in [-0.05, 0) is 24.6 Å². The largest absolute Gasteiger partial charge is 0.495 e. The monoisotopic (exact) mass is 261 g/mol. The fraction of sp³-hybridized carbons (Fsp3) is 0.400. The van der Waals surface area contributed by atoms with Gasteiger partial charge >= 0.3 is 0 Å². The number of ether oxygens (including phenoxy) is 1. The lowest BCUT2D eigenvalue weighted by atomic mass is 10.3. The first-order valence-corrected chi connectivity index (χ1v) is 5.20. The van der Waals surface area contributed by atoms with Gasteiger partial charge < -0.3 is 10.1 Å². The summed E-state index contributed by atoms with van der Waals surface area (Å²) in [6.07, 6.45) is 0.510. The van der Waals surface area contributed by atoms with E-state index in [-0.39, 0.29) is 6.67 Å². The van der Waals surface area contributed by atoms with Crippen molar-refractivity contribution in [1.82, 2.24) is 0 Å². The van der Waals surface area contributed by atoms with Crippen LogP contribution < -0.4 is 10.1 Å². The lowest BCUT2D eigenvalue weighted by Gasteiger charge is -2.10. The molecule has 14 heavy (non-hydrogen) atoms. The second-order valence-corrected chi connectivity index (χ2v) is 3.73. The number of hydrogen-bond acceptors (Lipinski definition) is 2. The highest BCUT2D eigenvalue weighted by Gasteiger charge is 2.01. The summed E-state index contributed by atoms with van der Waals surface area (Å²) in [6.45, 7) is 0.312. The molecule has 0 radical (unpaired) electrons. The summed E-state index contributed by atoms with van der Waals surface area (Å²) >= 11 is 3.36. The average Bonchev–Trinajstić information content (AvgIpc) is 2.19. The van der Waals surface area contributed by atoms with Gasteiger partial charge in [0, 0.05) is 11.0 Å². The summed E-state index contributed by atoms with van der Waals surface area (Å²) in [5.41, 5.74) is 0.885. The molecular weight excluding hydrogens is 249 g/mol. The molecule has 0 aliphatic heterocycles. The predicted molar refractivity (Wildman–Crippen MR) is 59.8 cm³/mol. The smallest absolute Gasteiger partial charge is 0.142 e. The molecule has 4 heteroatoms. The van der Waals surface area contributed by atoms with Crippen LogP contribution in [0.4, 0.5) is 10.1 Å². The van der Waals surface area contributed by atoms with Crippen LogP contribution in [0.3, 0.4) is 0 Å². The third kappa shape index (κ3) is 3.18. The van der Waals surface area contributed by atoms with E-state index in [0.717, 1.165) is 15.9 Å². The van der Waals surface area contributed by atoms with Crippen LogP contribution in [0.2, 0.25) is 0 Å². The Balaban J connectivity index is 2.67. The van der Waals surface area contributed by atoms with Gasteiger partial charge in [0.25, 0.3) is 0 Å². The first-order valence-electron chi connectivity index (χ1n) is 4.41. The van der Waals surface area contributed by atoms with Crippen molar-refractivity contribution in [2.45, 2.75) is 6.42 Å². The highest BCUT2D eigenvalue weighted by molar-refractivity contribution is 9.10. The summed E-state index contributed by atoms with van der Waals surface area (Å²) in [5.74, 6) is 0.770. The number of anilines is 1. The molecule has 0 atom stereocenters.